The van der Waals surface area contributed by atoms with E-state index in [-0.39, 0.29) is 0 Å². The molecule has 0 spiro atoms. The van der Waals surface area contributed by atoms with Crippen molar-refractivity contribution in [3.8, 4) is 0 Å². The first-order valence-corrected chi connectivity index (χ1v) is 5.59. The third-order valence-electron chi connectivity index (χ3n) is 2.14. The Morgan fingerprint density at radius 2 is 2.23 bits per heavy atom. The molecule has 13 heavy (non-hydrogen) atoms. The van der Waals surface area contributed by atoms with Crippen LogP contribution in [-0.4, -0.2) is 16.4 Å². The molecule has 0 aromatic carbocycles. The SMILES string of the molecule is CC(CBr)C(C)Nc1ccccn1. The van der Waals surface area contributed by atoms with Crippen molar-refractivity contribution < 1.29 is 0 Å². The first-order chi connectivity index (χ1) is 6.24. The van der Waals surface area contributed by atoms with Crippen LogP contribution in [0.5, 0.6) is 0 Å². The Balaban J connectivity index is 2.50. The van der Waals surface area contributed by atoms with Crippen molar-refractivity contribution in [1.29, 1.82) is 0 Å². The number of alkyl halides is 1. The number of hydrogen-bond donors (Lipinski definition) is 1. The summed E-state index contributed by atoms with van der Waals surface area (Å²) >= 11 is 3.47. The van der Waals surface area contributed by atoms with Crippen LogP contribution in [0.3, 0.4) is 0 Å². The Morgan fingerprint density at radius 3 is 2.77 bits per heavy atom. The van der Waals surface area contributed by atoms with Crippen LogP contribution in [0.25, 0.3) is 0 Å². The average Bonchev–Trinajstić information content (AvgIpc) is 2.18. The Kier molecular flexibility index (Phi) is 4.22. The highest BCUT2D eigenvalue weighted by molar-refractivity contribution is 9.09. The highest BCUT2D eigenvalue weighted by atomic mass is 79.9. The van der Waals surface area contributed by atoms with Crippen LogP contribution in [0.4, 0.5) is 5.82 Å². The second-order valence-corrected chi connectivity index (χ2v) is 3.93. The van der Waals surface area contributed by atoms with Crippen LogP contribution in [0.2, 0.25) is 0 Å². The van der Waals surface area contributed by atoms with Gasteiger partial charge in [0.2, 0.25) is 0 Å². The molecule has 2 atom stereocenters. The van der Waals surface area contributed by atoms with Crippen molar-refractivity contribution in [3.05, 3.63) is 24.4 Å². The summed E-state index contributed by atoms with van der Waals surface area (Å²) in [7, 11) is 0. The standard InChI is InChI=1S/C10H15BrN2/c1-8(7-11)9(2)13-10-5-3-4-6-12-10/h3-6,8-9H,7H2,1-2H3,(H,12,13). The Morgan fingerprint density at radius 1 is 1.46 bits per heavy atom. The van der Waals surface area contributed by atoms with E-state index in [2.05, 4.69) is 40.1 Å². The molecule has 72 valence electrons. The molecule has 1 N–H and O–H groups in total. The molecule has 0 saturated carbocycles. The van der Waals surface area contributed by atoms with Crippen LogP contribution in [-0.2, 0) is 0 Å². The zero-order valence-electron chi connectivity index (χ0n) is 8.00. The van der Waals surface area contributed by atoms with Gasteiger partial charge in [0, 0.05) is 17.6 Å². The van der Waals surface area contributed by atoms with Gasteiger partial charge >= 0.3 is 0 Å². The number of pyridine rings is 1. The number of rotatable bonds is 4. The van der Waals surface area contributed by atoms with Gasteiger partial charge in [0.1, 0.15) is 5.82 Å². The number of aromatic nitrogens is 1. The van der Waals surface area contributed by atoms with E-state index in [9.17, 15) is 0 Å². The predicted octanol–water partition coefficient (Wildman–Crippen LogP) is 2.91. The van der Waals surface area contributed by atoms with Crippen LogP contribution in [0.1, 0.15) is 13.8 Å². The van der Waals surface area contributed by atoms with E-state index in [1.54, 1.807) is 6.20 Å². The number of anilines is 1. The Bertz CT molecular complexity index is 238. The van der Waals surface area contributed by atoms with Crippen molar-refractivity contribution in [1.82, 2.24) is 4.98 Å². The fourth-order valence-electron chi connectivity index (χ4n) is 0.957. The summed E-state index contributed by atoms with van der Waals surface area (Å²) in [5.74, 6) is 1.55. The van der Waals surface area contributed by atoms with Crippen LogP contribution >= 0.6 is 15.9 Å². The normalized spacial score (nSPS) is 15.0. The molecule has 0 aliphatic rings. The van der Waals surface area contributed by atoms with Crippen molar-refractivity contribution >= 4 is 21.7 Å². The molecule has 1 aromatic heterocycles. The lowest BCUT2D eigenvalue weighted by atomic mass is 10.1. The summed E-state index contributed by atoms with van der Waals surface area (Å²) in [5, 5.41) is 4.36. The summed E-state index contributed by atoms with van der Waals surface area (Å²) < 4.78 is 0. The minimum absolute atomic E-state index is 0.439. The van der Waals surface area contributed by atoms with Crippen molar-refractivity contribution in [3.63, 3.8) is 0 Å². The molecular formula is C10H15BrN2. The zero-order valence-corrected chi connectivity index (χ0v) is 9.58. The van der Waals surface area contributed by atoms with E-state index < -0.39 is 0 Å². The van der Waals surface area contributed by atoms with Crippen molar-refractivity contribution in [2.75, 3.05) is 10.6 Å². The fraction of sp³-hybridized carbons (Fsp3) is 0.500. The van der Waals surface area contributed by atoms with Crippen LogP contribution in [0, 0.1) is 5.92 Å². The molecule has 2 unspecified atom stereocenters. The quantitative estimate of drug-likeness (QED) is 0.822. The highest BCUT2D eigenvalue weighted by Crippen LogP contribution is 2.11. The van der Waals surface area contributed by atoms with Gasteiger partial charge in [-0.2, -0.15) is 0 Å². The van der Waals surface area contributed by atoms with Gasteiger partial charge in [0.15, 0.2) is 0 Å². The van der Waals surface area contributed by atoms with Gasteiger partial charge in [-0.1, -0.05) is 28.9 Å². The van der Waals surface area contributed by atoms with Gasteiger partial charge in [-0.15, -0.1) is 0 Å². The molecule has 0 fully saturated rings. The predicted molar refractivity (Wildman–Crippen MR) is 60.3 cm³/mol. The summed E-state index contributed by atoms with van der Waals surface area (Å²) in [6.45, 7) is 4.37. The molecule has 2 nitrogen and oxygen atoms in total. The van der Waals surface area contributed by atoms with Crippen LogP contribution < -0.4 is 5.32 Å². The van der Waals surface area contributed by atoms with Crippen LogP contribution in [0.15, 0.2) is 24.4 Å². The van der Waals surface area contributed by atoms with Gasteiger partial charge < -0.3 is 5.32 Å². The lowest BCUT2D eigenvalue weighted by Gasteiger charge is -2.19. The zero-order chi connectivity index (χ0) is 9.68. The number of hydrogen-bond acceptors (Lipinski definition) is 2. The molecule has 0 bridgehead atoms. The molecular weight excluding hydrogens is 228 g/mol. The lowest BCUT2D eigenvalue weighted by Crippen LogP contribution is -2.25. The molecule has 0 radical (unpaired) electrons. The van der Waals surface area contributed by atoms with Gasteiger partial charge in [-0.05, 0) is 25.0 Å². The highest BCUT2D eigenvalue weighted by Gasteiger charge is 2.10. The summed E-state index contributed by atoms with van der Waals surface area (Å²) in [6.07, 6.45) is 1.80. The second-order valence-electron chi connectivity index (χ2n) is 3.28. The maximum Gasteiger partial charge on any atom is 0.126 e. The Labute approximate surface area is 87.9 Å². The largest absolute Gasteiger partial charge is 0.367 e. The van der Waals surface area contributed by atoms with E-state index in [1.165, 1.54) is 0 Å². The molecule has 1 aromatic rings. The number of nitrogens with zero attached hydrogens (tertiary/aromatic N) is 1. The molecule has 0 amide bonds. The fourth-order valence-corrected chi connectivity index (χ4v) is 1.52. The molecule has 1 heterocycles. The van der Waals surface area contributed by atoms with Gasteiger partial charge in [0.05, 0.1) is 0 Å². The first-order valence-electron chi connectivity index (χ1n) is 4.47. The van der Waals surface area contributed by atoms with Gasteiger partial charge in [-0.3, -0.25) is 0 Å². The number of halogens is 1. The topological polar surface area (TPSA) is 24.9 Å². The van der Waals surface area contributed by atoms with Gasteiger partial charge in [-0.25, -0.2) is 4.98 Å². The molecule has 0 aliphatic carbocycles. The summed E-state index contributed by atoms with van der Waals surface area (Å²) in [5.41, 5.74) is 0. The smallest absolute Gasteiger partial charge is 0.126 e. The molecule has 1 rings (SSSR count). The van der Waals surface area contributed by atoms with E-state index in [1.807, 2.05) is 18.2 Å². The summed E-state index contributed by atoms with van der Waals surface area (Å²) in [4.78, 5) is 4.21. The molecule has 0 saturated heterocycles. The Hall–Kier alpha value is -0.570. The minimum Gasteiger partial charge on any atom is -0.367 e. The first kappa shape index (κ1) is 10.5. The number of nitrogens with one attached hydrogen (secondary N) is 1. The molecule has 0 aliphatic heterocycles. The maximum atomic E-state index is 4.21. The van der Waals surface area contributed by atoms with Gasteiger partial charge in [0.25, 0.3) is 0 Å². The average molecular weight is 243 g/mol. The van der Waals surface area contributed by atoms with Crippen molar-refractivity contribution in [2.24, 2.45) is 5.92 Å². The van der Waals surface area contributed by atoms with Crippen molar-refractivity contribution in [2.45, 2.75) is 19.9 Å². The summed E-state index contributed by atoms with van der Waals surface area (Å²) in [6, 6.07) is 6.33. The lowest BCUT2D eigenvalue weighted by molar-refractivity contribution is 0.570. The van der Waals surface area contributed by atoms with E-state index >= 15 is 0 Å². The monoisotopic (exact) mass is 242 g/mol. The minimum atomic E-state index is 0.439. The maximum absolute atomic E-state index is 4.21. The third kappa shape index (κ3) is 3.35. The van der Waals surface area contributed by atoms with E-state index in [0.717, 1.165) is 11.1 Å². The van der Waals surface area contributed by atoms with E-state index in [4.69, 9.17) is 0 Å². The van der Waals surface area contributed by atoms with E-state index in [0.29, 0.717) is 12.0 Å². The third-order valence-corrected chi connectivity index (χ3v) is 3.16. The second kappa shape index (κ2) is 5.22. The molecule has 3 heteroatoms.